The van der Waals surface area contributed by atoms with Gasteiger partial charge in [-0.25, -0.2) is 4.98 Å². The van der Waals surface area contributed by atoms with Crippen LogP contribution in [-0.2, 0) is 6.42 Å². The summed E-state index contributed by atoms with van der Waals surface area (Å²) in [6, 6.07) is 5.51. The molecule has 2 unspecified atom stereocenters. The molecule has 5 nitrogen and oxygen atoms in total. The molecule has 0 N–H and O–H groups in total. The average molecular weight is 358 g/mol. The van der Waals surface area contributed by atoms with Gasteiger partial charge in [0.25, 0.3) is 5.56 Å². The maximum Gasteiger partial charge on any atom is 0.276 e. The van der Waals surface area contributed by atoms with E-state index in [9.17, 15) is 4.79 Å². The Balaban J connectivity index is 1.51. The minimum absolute atomic E-state index is 0.0538. The highest BCUT2D eigenvalue weighted by Crippen LogP contribution is 2.42. The van der Waals surface area contributed by atoms with Gasteiger partial charge in [0.05, 0.1) is 6.20 Å². The first-order valence-electron chi connectivity index (χ1n) is 9.55. The summed E-state index contributed by atoms with van der Waals surface area (Å²) in [6.45, 7) is 1.12. The van der Waals surface area contributed by atoms with Gasteiger partial charge in [0.15, 0.2) is 5.82 Å². The number of pyridine rings is 1. The lowest BCUT2D eigenvalue weighted by Crippen LogP contribution is -2.28. The molecule has 1 fully saturated rings. The Hall–Kier alpha value is -2.95. The Kier molecular flexibility index (Phi) is 3.81. The molecule has 5 rings (SSSR count). The molecule has 5 heteroatoms. The van der Waals surface area contributed by atoms with Crippen molar-refractivity contribution >= 4 is 6.08 Å². The van der Waals surface area contributed by atoms with Gasteiger partial charge >= 0.3 is 0 Å². The van der Waals surface area contributed by atoms with Gasteiger partial charge in [0.1, 0.15) is 0 Å². The van der Waals surface area contributed by atoms with E-state index in [4.69, 9.17) is 0 Å². The van der Waals surface area contributed by atoms with Crippen LogP contribution in [0.5, 0.6) is 0 Å². The zero-order chi connectivity index (χ0) is 18.4. The van der Waals surface area contributed by atoms with Crippen LogP contribution in [0.1, 0.15) is 24.0 Å². The topological polar surface area (TPSA) is 51.0 Å². The van der Waals surface area contributed by atoms with Crippen LogP contribution in [0.2, 0.25) is 0 Å². The van der Waals surface area contributed by atoms with Gasteiger partial charge in [-0.15, -0.1) is 0 Å². The van der Waals surface area contributed by atoms with E-state index in [2.05, 4.69) is 46.3 Å². The molecule has 3 heterocycles. The lowest BCUT2D eigenvalue weighted by molar-refractivity contribution is 0.456. The van der Waals surface area contributed by atoms with Crippen LogP contribution in [0.15, 0.2) is 64.9 Å². The molecule has 1 aliphatic heterocycles. The molecule has 2 aliphatic carbocycles. The number of fused-ring (bicyclic) bond motifs is 2. The van der Waals surface area contributed by atoms with Crippen LogP contribution in [0.3, 0.4) is 0 Å². The van der Waals surface area contributed by atoms with Gasteiger partial charge in [0, 0.05) is 48.4 Å². The van der Waals surface area contributed by atoms with Crippen LogP contribution in [-0.4, -0.2) is 33.3 Å². The van der Waals surface area contributed by atoms with Crippen molar-refractivity contribution in [1.29, 1.82) is 0 Å². The van der Waals surface area contributed by atoms with Crippen molar-refractivity contribution in [3.63, 3.8) is 0 Å². The van der Waals surface area contributed by atoms with Crippen LogP contribution >= 0.6 is 0 Å². The Morgan fingerprint density at radius 1 is 1.22 bits per heavy atom. The van der Waals surface area contributed by atoms with E-state index in [1.165, 1.54) is 22.4 Å². The zero-order valence-electron chi connectivity index (χ0n) is 15.4. The number of hydrogen-bond donors (Lipinski definition) is 0. The third-order valence-corrected chi connectivity index (χ3v) is 6.03. The van der Waals surface area contributed by atoms with E-state index >= 15 is 0 Å². The standard InChI is InChI=1S/C22H22N4O/c1-25-12-10-19-17(5-4-6-20(19)25)15-8-9-18-16(13-15)14-24-26(22(18)27)21-7-2-3-11-23-21/h2-7,11,13-14,17,19H,8-10,12H2,1H3. The molecule has 3 aliphatic rings. The summed E-state index contributed by atoms with van der Waals surface area (Å²) in [6.07, 6.45) is 15.3. The van der Waals surface area contributed by atoms with E-state index in [1.54, 1.807) is 6.20 Å². The van der Waals surface area contributed by atoms with Crippen molar-refractivity contribution in [2.45, 2.75) is 19.3 Å². The number of rotatable bonds is 2. The van der Waals surface area contributed by atoms with E-state index in [1.807, 2.05) is 24.4 Å². The summed E-state index contributed by atoms with van der Waals surface area (Å²) in [5.74, 6) is 1.56. The molecule has 0 radical (unpaired) electrons. The SMILES string of the molecule is CN1CCC2C1=CC=CC2C1=Cc2cnn(-c3ccccn3)c(=O)c2CC1. The molecule has 0 spiro atoms. The normalized spacial score (nSPS) is 23.5. The third-order valence-electron chi connectivity index (χ3n) is 6.03. The van der Waals surface area contributed by atoms with E-state index in [0.717, 1.165) is 30.5 Å². The maximum atomic E-state index is 12.9. The first-order chi connectivity index (χ1) is 13.2. The van der Waals surface area contributed by atoms with Crippen molar-refractivity contribution in [1.82, 2.24) is 19.7 Å². The van der Waals surface area contributed by atoms with E-state index in [-0.39, 0.29) is 5.56 Å². The molecular formula is C22H22N4O. The molecule has 136 valence electrons. The number of likely N-dealkylation sites (tertiary alicyclic amines) is 1. The Morgan fingerprint density at radius 2 is 2.15 bits per heavy atom. The van der Waals surface area contributed by atoms with Gasteiger partial charge in [-0.05, 0) is 37.5 Å². The van der Waals surface area contributed by atoms with Crippen LogP contribution in [0, 0.1) is 11.8 Å². The molecule has 0 saturated carbocycles. The summed E-state index contributed by atoms with van der Waals surface area (Å²) in [7, 11) is 2.18. The molecule has 2 atom stereocenters. The summed E-state index contributed by atoms with van der Waals surface area (Å²) in [5, 5.41) is 4.38. The van der Waals surface area contributed by atoms with Crippen molar-refractivity contribution in [3.8, 4) is 5.82 Å². The first-order valence-corrected chi connectivity index (χ1v) is 9.55. The summed E-state index contributed by atoms with van der Waals surface area (Å²) in [4.78, 5) is 19.5. The number of aromatic nitrogens is 3. The molecule has 1 saturated heterocycles. The van der Waals surface area contributed by atoms with E-state index in [0.29, 0.717) is 17.7 Å². The largest absolute Gasteiger partial charge is 0.378 e. The van der Waals surface area contributed by atoms with Gasteiger partial charge in [-0.2, -0.15) is 9.78 Å². The Bertz CT molecular complexity index is 1030. The average Bonchev–Trinajstić information content (AvgIpc) is 3.10. The maximum absolute atomic E-state index is 12.9. The second-order valence-electron chi connectivity index (χ2n) is 7.52. The molecule has 27 heavy (non-hydrogen) atoms. The second-order valence-corrected chi connectivity index (χ2v) is 7.52. The van der Waals surface area contributed by atoms with Crippen molar-refractivity contribution < 1.29 is 0 Å². The fourth-order valence-corrected chi connectivity index (χ4v) is 4.62. The molecule has 0 amide bonds. The quantitative estimate of drug-likeness (QED) is 0.828. The predicted molar refractivity (Wildman–Crippen MR) is 105 cm³/mol. The third kappa shape index (κ3) is 2.65. The Morgan fingerprint density at radius 3 is 3.00 bits per heavy atom. The molecule has 0 aromatic carbocycles. The minimum atomic E-state index is -0.0538. The van der Waals surface area contributed by atoms with Crippen molar-refractivity contribution in [2.75, 3.05) is 13.6 Å². The van der Waals surface area contributed by atoms with Gasteiger partial charge in [-0.3, -0.25) is 4.79 Å². The second kappa shape index (κ2) is 6.34. The molecular weight excluding hydrogens is 336 g/mol. The fourth-order valence-electron chi connectivity index (χ4n) is 4.62. The monoisotopic (exact) mass is 358 g/mol. The fraction of sp³-hybridized carbons (Fsp3) is 0.318. The smallest absolute Gasteiger partial charge is 0.276 e. The summed E-state index contributed by atoms with van der Waals surface area (Å²) < 4.78 is 1.41. The number of nitrogens with zero attached hydrogens (tertiary/aromatic N) is 4. The van der Waals surface area contributed by atoms with Crippen molar-refractivity contribution in [2.24, 2.45) is 11.8 Å². The van der Waals surface area contributed by atoms with Crippen LogP contribution in [0.25, 0.3) is 11.9 Å². The summed E-state index contributed by atoms with van der Waals surface area (Å²) >= 11 is 0. The van der Waals surface area contributed by atoms with Crippen LogP contribution < -0.4 is 5.56 Å². The van der Waals surface area contributed by atoms with E-state index < -0.39 is 0 Å². The van der Waals surface area contributed by atoms with Gasteiger partial charge in [0.2, 0.25) is 0 Å². The molecule has 2 aromatic rings. The minimum Gasteiger partial charge on any atom is -0.378 e. The Labute approximate surface area is 158 Å². The molecule has 2 aromatic heterocycles. The predicted octanol–water partition coefficient (Wildman–Crippen LogP) is 2.98. The first kappa shape index (κ1) is 16.2. The van der Waals surface area contributed by atoms with Crippen molar-refractivity contribution in [3.05, 3.63) is 81.6 Å². The van der Waals surface area contributed by atoms with Gasteiger partial charge < -0.3 is 4.90 Å². The highest BCUT2D eigenvalue weighted by Gasteiger charge is 2.35. The van der Waals surface area contributed by atoms with Crippen LogP contribution in [0.4, 0.5) is 0 Å². The zero-order valence-corrected chi connectivity index (χ0v) is 15.4. The molecule has 0 bridgehead atoms. The lowest BCUT2D eigenvalue weighted by Gasteiger charge is -2.30. The highest BCUT2D eigenvalue weighted by molar-refractivity contribution is 5.60. The highest BCUT2D eigenvalue weighted by atomic mass is 16.1. The number of allylic oxidation sites excluding steroid dienone is 5. The van der Waals surface area contributed by atoms with Gasteiger partial charge in [-0.1, -0.05) is 29.9 Å². The lowest BCUT2D eigenvalue weighted by atomic mass is 9.76. The number of hydrogen-bond acceptors (Lipinski definition) is 4. The summed E-state index contributed by atoms with van der Waals surface area (Å²) in [5.41, 5.74) is 4.61.